The summed E-state index contributed by atoms with van der Waals surface area (Å²) in [4.78, 5) is 44.3. The average Bonchev–Trinajstić information content (AvgIpc) is 3.44. The molecule has 0 aromatic heterocycles. The van der Waals surface area contributed by atoms with Crippen molar-refractivity contribution in [1.29, 1.82) is 0 Å². The molecule has 2 aromatic rings. The lowest BCUT2D eigenvalue weighted by molar-refractivity contribution is -0.143. The van der Waals surface area contributed by atoms with Crippen molar-refractivity contribution in [3.05, 3.63) is 65.0 Å². The molecule has 1 saturated carbocycles. The molecule has 0 spiro atoms. The Morgan fingerprint density at radius 3 is 1.79 bits per heavy atom. The van der Waals surface area contributed by atoms with Gasteiger partial charge in [0, 0.05) is 56.3 Å². The summed E-state index contributed by atoms with van der Waals surface area (Å²) >= 11 is 0. The molecule has 0 radical (unpaired) electrons. The fourth-order valence-electron chi connectivity index (χ4n) is 6.85. The molecule has 2 aromatic carbocycles. The molecule has 1 saturated heterocycles. The molecule has 2 atom stereocenters. The number of halogens is 7. The van der Waals surface area contributed by atoms with Gasteiger partial charge in [0.15, 0.2) is 0 Å². The third kappa shape index (κ3) is 7.97. The Morgan fingerprint density at radius 1 is 0.812 bits per heavy atom. The van der Waals surface area contributed by atoms with E-state index in [0.29, 0.717) is 48.3 Å². The first kappa shape index (κ1) is 36.8. The molecule has 4 amide bonds. The number of hydrogen-bond acceptors (Lipinski definition) is 3. The lowest BCUT2D eigenvalue weighted by Crippen LogP contribution is -2.52. The molecule has 2 aliphatic rings. The smallest absolute Gasteiger partial charge is 0.416 e. The Morgan fingerprint density at radius 2 is 1.33 bits per heavy atom. The van der Waals surface area contributed by atoms with E-state index in [1.54, 1.807) is 25.7 Å². The van der Waals surface area contributed by atoms with Crippen LogP contribution in [-0.4, -0.2) is 82.6 Å². The Bertz CT molecular complexity index is 1470. The molecule has 0 unspecified atom stereocenters. The highest BCUT2D eigenvalue weighted by Crippen LogP contribution is 2.40. The summed E-state index contributed by atoms with van der Waals surface area (Å²) in [5.41, 5.74) is -3.81. The van der Waals surface area contributed by atoms with Crippen LogP contribution in [-0.2, 0) is 17.1 Å². The standard InChI is InChI=1S/C33H39F7N4O4/c1-31(2,3)44(30(47)48)24-12-8-20(9-13-24)28(45)43-17-26(19-6-10-23(34)11-7-19)27(18-43)42(5)29(46)41(4)25-15-21(32(35,36)37)14-22(16-25)33(38,39)40/h6-7,10-11,14-16,20,24,26-27H,8-9,12-13,17-18H2,1-5H3,(H,47,48)/t20-,24+,26-,27+/m0/s1. The molecule has 2 fully saturated rings. The fraction of sp³-hybridized carbons (Fsp3) is 0.545. The van der Waals surface area contributed by atoms with Crippen molar-refractivity contribution in [3.8, 4) is 0 Å². The number of nitrogens with zero attached hydrogens (tertiary/aromatic N) is 4. The predicted molar refractivity (Wildman–Crippen MR) is 163 cm³/mol. The maximum absolute atomic E-state index is 13.8. The van der Waals surface area contributed by atoms with Gasteiger partial charge in [-0.25, -0.2) is 14.0 Å². The predicted octanol–water partition coefficient (Wildman–Crippen LogP) is 7.68. The van der Waals surface area contributed by atoms with Crippen LogP contribution in [0.1, 0.15) is 69.1 Å². The number of likely N-dealkylation sites (N-methyl/N-ethyl adjacent to an activating group) is 1. The maximum Gasteiger partial charge on any atom is 0.416 e. The molecule has 0 bridgehead atoms. The minimum Gasteiger partial charge on any atom is -0.465 e. The van der Waals surface area contributed by atoms with Gasteiger partial charge < -0.3 is 19.8 Å². The third-order valence-corrected chi connectivity index (χ3v) is 9.28. The van der Waals surface area contributed by atoms with E-state index in [1.165, 1.54) is 41.1 Å². The molecule has 4 rings (SSSR count). The summed E-state index contributed by atoms with van der Waals surface area (Å²) < 4.78 is 94.9. The molecule has 264 valence electrons. The lowest BCUT2D eigenvalue weighted by atomic mass is 9.83. The molecular weight excluding hydrogens is 649 g/mol. The largest absolute Gasteiger partial charge is 0.465 e. The zero-order valence-electron chi connectivity index (χ0n) is 27.2. The zero-order chi connectivity index (χ0) is 35.9. The van der Waals surface area contributed by atoms with E-state index >= 15 is 0 Å². The van der Waals surface area contributed by atoms with Gasteiger partial charge in [-0.3, -0.25) is 9.69 Å². The number of urea groups is 1. The van der Waals surface area contributed by atoms with Crippen LogP contribution < -0.4 is 4.90 Å². The van der Waals surface area contributed by atoms with Gasteiger partial charge in [-0.1, -0.05) is 12.1 Å². The minimum atomic E-state index is -5.11. The molecule has 1 aliphatic carbocycles. The first-order valence-electron chi connectivity index (χ1n) is 15.5. The molecule has 1 N–H and O–H groups in total. The summed E-state index contributed by atoms with van der Waals surface area (Å²) in [5.74, 6) is -1.69. The number of carbonyl (C=O) groups excluding carboxylic acids is 2. The number of likely N-dealkylation sites (tertiary alicyclic amines) is 1. The van der Waals surface area contributed by atoms with E-state index in [9.17, 15) is 50.2 Å². The topological polar surface area (TPSA) is 84.4 Å². The molecule has 48 heavy (non-hydrogen) atoms. The third-order valence-electron chi connectivity index (χ3n) is 9.28. The number of benzene rings is 2. The highest BCUT2D eigenvalue weighted by atomic mass is 19.4. The second kappa shape index (κ2) is 13.5. The normalized spacial score (nSPS) is 22.0. The van der Waals surface area contributed by atoms with Crippen LogP contribution in [0.2, 0.25) is 0 Å². The number of amides is 4. The fourth-order valence-corrected chi connectivity index (χ4v) is 6.85. The van der Waals surface area contributed by atoms with Crippen LogP contribution >= 0.6 is 0 Å². The summed E-state index contributed by atoms with van der Waals surface area (Å²) in [5, 5.41) is 9.79. The quantitative estimate of drug-likeness (QED) is 0.327. The monoisotopic (exact) mass is 688 g/mol. The Balaban J connectivity index is 1.58. The van der Waals surface area contributed by atoms with E-state index in [0.717, 1.165) is 7.05 Å². The number of carboxylic acid groups (broad SMARTS) is 1. The van der Waals surface area contributed by atoms with Crippen LogP contribution in [0.25, 0.3) is 0 Å². The van der Waals surface area contributed by atoms with Gasteiger partial charge >= 0.3 is 24.5 Å². The number of anilines is 1. The maximum atomic E-state index is 13.8. The number of alkyl halides is 6. The summed E-state index contributed by atoms with van der Waals surface area (Å²) in [6, 6.07) is 4.41. The van der Waals surface area contributed by atoms with Crippen LogP contribution in [0.3, 0.4) is 0 Å². The van der Waals surface area contributed by atoms with E-state index in [4.69, 9.17) is 0 Å². The van der Waals surface area contributed by atoms with E-state index in [-0.39, 0.29) is 31.1 Å². The molecular formula is C33H39F7N4O4. The molecule has 1 aliphatic heterocycles. The average molecular weight is 689 g/mol. The van der Waals surface area contributed by atoms with Crippen molar-refractivity contribution in [2.24, 2.45) is 5.92 Å². The van der Waals surface area contributed by atoms with Gasteiger partial charge in [-0.05, 0) is 82.3 Å². The van der Waals surface area contributed by atoms with E-state index in [1.807, 2.05) is 0 Å². The van der Waals surface area contributed by atoms with E-state index in [2.05, 4.69) is 0 Å². The number of carbonyl (C=O) groups is 3. The van der Waals surface area contributed by atoms with Gasteiger partial charge in [-0.15, -0.1) is 0 Å². The first-order valence-corrected chi connectivity index (χ1v) is 15.5. The second-order valence-corrected chi connectivity index (χ2v) is 13.5. The van der Waals surface area contributed by atoms with Gasteiger partial charge in [0.1, 0.15) is 5.82 Å². The van der Waals surface area contributed by atoms with E-state index < -0.39 is 70.5 Å². The van der Waals surface area contributed by atoms with Crippen molar-refractivity contribution in [3.63, 3.8) is 0 Å². The lowest BCUT2D eigenvalue weighted by Gasteiger charge is -2.42. The highest BCUT2D eigenvalue weighted by molar-refractivity contribution is 5.92. The van der Waals surface area contributed by atoms with Crippen molar-refractivity contribution >= 4 is 23.7 Å². The van der Waals surface area contributed by atoms with Crippen LogP contribution in [0.15, 0.2) is 42.5 Å². The van der Waals surface area contributed by atoms with Gasteiger partial charge in [0.25, 0.3) is 0 Å². The summed E-state index contributed by atoms with van der Waals surface area (Å²) in [6.07, 6.45) is -9.45. The zero-order valence-corrected chi connectivity index (χ0v) is 27.2. The minimum absolute atomic E-state index is 0.0104. The second-order valence-electron chi connectivity index (χ2n) is 13.5. The van der Waals surface area contributed by atoms with Gasteiger partial charge in [-0.2, -0.15) is 26.3 Å². The Labute approximate surface area is 274 Å². The Kier molecular flexibility index (Phi) is 10.3. The van der Waals surface area contributed by atoms with Crippen molar-refractivity contribution in [1.82, 2.24) is 14.7 Å². The van der Waals surface area contributed by atoms with Crippen molar-refractivity contribution in [2.45, 2.75) is 82.3 Å². The molecule has 1 heterocycles. The van der Waals surface area contributed by atoms with Crippen molar-refractivity contribution in [2.75, 3.05) is 32.1 Å². The number of rotatable bonds is 5. The first-order chi connectivity index (χ1) is 22.1. The van der Waals surface area contributed by atoms with Crippen LogP contribution in [0.4, 0.5) is 46.0 Å². The summed E-state index contributed by atoms with van der Waals surface area (Å²) in [7, 11) is 2.42. The van der Waals surface area contributed by atoms with Crippen LogP contribution in [0, 0.1) is 11.7 Å². The molecule has 8 nitrogen and oxygen atoms in total. The summed E-state index contributed by atoms with van der Waals surface area (Å²) in [6.45, 7) is 5.54. The SMILES string of the molecule is CN(C(=O)N(C)[C@@H]1CN(C(=O)[C@H]2CC[C@@H](N(C(=O)O)C(C)(C)C)CC2)C[C@H]1c1ccc(F)cc1)c1cc(C(F)(F)F)cc(C(F)(F)F)c1. The van der Waals surface area contributed by atoms with Crippen LogP contribution in [0.5, 0.6) is 0 Å². The van der Waals surface area contributed by atoms with Gasteiger partial charge in [0.05, 0.1) is 17.2 Å². The van der Waals surface area contributed by atoms with Gasteiger partial charge in [0.2, 0.25) is 5.91 Å². The number of hydrogen-bond donors (Lipinski definition) is 1. The van der Waals surface area contributed by atoms with Crippen molar-refractivity contribution < 1.29 is 50.2 Å². The molecule has 15 heteroatoms. The highest BCUT2D eigenvalue weighted by Gasteiger charge is 2.44. The Hall–Kier alpha value is -4.04.